The SMILES string of the molecule is CC(C=O)CC(C)(C)N1C(=O)C=CC1=O. The van der Waals surface area contributed by atoms with E-state index in [2.05, 4.69) is 0 Å². The van der Waals surface area contributed by atoms with Crippen molar-refractivity contribution in [2.24, 2.45) is 5.92 Å². The van der Waals surface area contributed by atoms with Crippen LogP contribution in [0, 0.1) is 5.92 Å². The average molecular weight is 209 g/mol. The fourth-order valence-corrected chi connectivity index (χ4v) is 1.92. The van der Waals surface area contributed by atoms with Gasteiger partial charge >= 0.3 is 0 Å². The summed E-state index contributed by atoms with van der Waals surface area (Å²) in [6, 6.07) is 0. The number of aldehydes is 1. The van der Waals surface area contributed by atoms with Crippen molar-refractivity contribution in [3.05, 3.63) is 12.2 Å². The minimum absolute atomic E-state index is 0.166. The Kier molecular flexibility index (Phi) is 3.07. The molecule has 0 aromatic heterocycles. The van der Waals surface area contributed by atoms with Crippen LogP contribution in [0.1, 0.15) is 27.2 Å². The molecule has 2 amide bonds. The summed E-state index contributed by atoms with van der Waals surface area (Å²) < 4.78 is 0. The quantitative estimate of drug-likeness (QED) is 0.511. The average Bonchev–Trinajstić information content (AvgIpc) is 2.45. The van der Waals surface area contributed by atoms with Crippen LogP contribution in [0.25, 0.3) is 0 Å². The summed E-state index contributed by atoms with van der Waals surface area (Å²) in [6.07, 6.45) is 3.83. The third kappa shape index (κ3) is 2.32. The van der Waals surface area contributed by atoms with E-state index < -0.39 is 5.54 Å². The largest absolute Gasteiger partial charge is 0.303 e. The van der Waals surface area contributed by atoms with Crippen molar-refractivity contribution in [1.82, 2.24) is 4.90 Å². The highest BCUT2D eigenvalue weighted by atomic mass is 16.2. The number of nitrogens with zero attached hydrogens (tertiary/aromatic N) is 1. The Labute approximate surface area is 88.9 Å². The highest BCUT2D eigenvalue weighted by Gasteiger charge is 2.37. The van der Waals surface area contributed by atoms with Gasteiger partial charge in [-0.2, -0.15) is 0 Å². The second-order valence-corrected chi connectivity index (χ2v) is 4.48. The molecule has 0 bridgehead atoms. The van der Waals surface area contributed by atoms with Crippen molar-refractivity contribution in [1.29, 1.82) is 0 Å². The Hall–Kier alpha value is -1.45. The zero-order valence-electron chi connectivity index (χ0n) is 9.19. The van der Waals surface area contributed by atoms with Gasteiger partial charge in [0.25, 0.3) is 11.8 Å². The molecule has 4 nitrogen and oxygen atoms in total. The van der Waals surface area contributed by atoms with Gasteiger partial charge in [0, 0.05) is 23.6 Å². The van der Waals surface area contributed by atoms with Crippen molar-refractivity contribution < 1.29 is 14.4 Å². The van der Waals surface area contributed by atoms with Crippen LogP contribution in [0.3, 0.4) is 0 Å². The highest BCUT2D eigenvalue weighted by molar-refractivity contribution is 6.13. The maximum Gasteiger partial charge on any atom is 0.254 e. The Morgan fingerprint density at radius 3 is 2.20 bits per heavy atom. The molecule has 0 saturated carbocycles. The molecule has 1 aliphatic heterocycles. The second kappa shape index (κ2) is 3.96. The van der Waals surface area contributed by atoms with Crippen LogP contribution in [0.15, 0.2) is 12.2 Å². The first kappa shape index (κ1) is 11.6. The molecule has 0 saturated heterocycles. The molecule has 4 heteroatoms. The van der Waals surface area contributed by atoms with Gasteiger partial charge in [-0.1, -0.05) is 6.92 Å². The zero-order chi connectivity index (χ0) is 11.6. The van der Waals surface area contributed by atoms with Crippen LogP contribution in [-0.4, -0.2) is 28.5 Å². The Bertz CT molecular complexity index is 313. The third-order valence-electron chi connectivity index (χ3n) is 2.47. The van der Waals surface area contributed by atoms with Crippen LogP contribution in [0.4, 0.5) is 0 Å². The predicted molar refractivity (Wildman–Crippen MR) is 54.9 cm³/mol. The lowest BCUT2D eigenvalue weighted by Gasteiger charge is -2.34. The summed E-state index contributed by atoms with van der Waals surface area (Å²) in [7, 11) is 0. The second-order valence-electron chi connectivity index (χ2n) is 4.48. The number of rotatable bonds is 4. The molecule has 1 aliphatic rings. The number of imide groups is 1. The maximum absolute atomic E-state index is 11.4. The van der Waals surface area contributed by atoms with Gasteiger partial charge in [-0.15, -0.1) is 0 Å². The van der Waals surface area contributed by atoms with Crippen molar-refractivity contribution in [3.63, 3.8) is 0 Å². The summed E-state index contributed by atoms with van der Waals surface area (Å²) >= 11 is 0. The monoisotopic (exact) mass is 209 g/mol. The number of hydrogen-bond donors (Lipinski definition) is 0. The molecular weight excluding hydrogens is 194 g/mol. The van der Waals surface area contributed by atoms with Gasteiger partial charge in [0.05, 0.1) is 0 Å². The Morgan fingerprint density at radius 2 is 1.80 bits per heavy atom. The van der Waals surface area contributed by atoms with E-state index in [-0.39, 0.29) is 17.7 Å². The van der Waals surface area contributed by atoms with Crippen LogP contribution in [0.5, 0.6) is 0 Å². The number of hydrogen-bond acceptors (Lipinski definition) is 3. The molecule has 0 fully saturated rings. The van der Waals surface area contributed by atoms with E-state index in [1.807, 2.05) is 0 Å². The maximum atomic E-state index is 11.4. The minimum Gasteiger partial charge on any atom is -0.303 e. The molecule has 1 heterocycles. The van der Waals surface area contributed by atoms with E-state index in [4.69, 9.17) is 0 Å². The molecule has 15 heavy (non-hydrogen) atoms. The molecular formula is C11H15NO3. The molecule has 0 spiro atoms. The summed E-state index contributed by atoms with van der Waals surface area (Å²) in [5.41, 5.74) is -0.613. The fourth-order valence-electron chi connectivity index (χ4n) is 1.92. The molecule has 0 aromatic carbocycles. The molecule has 1 atom stereocenters. The Morgan fingerprint density at radius 1 is 1.33 bits per heavy atom. The number of carbonyl (C=O) groups excluding carboxylic acids is 3. The smallest absolute Gasteiger partial charge is 0.254 e. The lowest BCUT2D eigenvalue weighted by Crippen LogP contribution is -2.48. The highest BCUT2D eigenvalue weighted by Crippen LogP contribution is 2.25. The Balaban J connectivity index is 2.81. The van der Waals surface area contributed by atoms with E-state index in [1.54, 1.807) is 20.8 Å². The van der Waals surface area contributed by atoms with Crippen molar-refractivity contribution in [2.75, 3.05) is 0 Å². The summed E-state index contributed by atoms with van der Waals surface area (Å²) in [5, 5.41) is 0. The van der Waals surface area contributed by atoms with Gasteiger partial charge in [-0.3, -0.25) is 14.5 Å². The zero-order valence-corrected chi connectivity index (χ0v) is 9.19. The lowest BCUT2D eigenvalue weighted by atomic mass is 9.91. The lowest BCUT2D eigenvalue weighted by molar-refractivity contribution is -0.143. The van der Waals surface area contributed by atoms with E-state index in [9.17, 15) is 14.4 Å². The molecule has 1 rings (SSSR count). The van der Waals surface area contributed by atoms with Crippen LogP contribution >= 0.6 is 0 Å². The van der Waals surface area contributed by atoms with Gasteiger partial charge in [0.15, 0.2) is 0 Å². The summed E-state index contributed by atoms with van der Waals surface area (Å²) in [4.78, 5) is 34.6. The number of carbonyl (C=O) groups is 3. The third-order valence-corrected chi connectivity index (χ3v) is 2.47. The fraction of sp³-hybridized carbons (Fsp3) is 0.545. The molecule has 82 valence electrons. The molecule has 0 aromatic rings. The topological polar surface area (TPSA) is 54.5 Å². The minimum atomic E-state index is -0.613. The molecule has 1 unspecified atom stereocenters. The van der Waals surface area contributed by atoms with Crippen molar-refractivity contribution in [2.45, 2.75) is 32.7 Å². The van der Waals surface area contributed by atoms with E-state index >= 15 is 0 Å². The first-order valence-electron chi connectivity index (χ1n) is 4.90. The standard InChI is InChI=1S/C11H15NO3/c1-8(7-13)6-11(2,3)12-9(14)4-5-10(12)15/h4-5,7-8H,6H2,1-3H3. The van der Waals surface area contributed by atoms with Crippen LogP contribution < -0.4 is 0 Å². The van der Waals surface area contributed by atoms with E-state index in [0.29, 0.717) is 6.42 Å². The van der Waals surface area contributed by atoms with Gasteiger partial charge < -0.3 is 4.79 Å². The van der Waals surface area contributed by atoms with E-state index in [1.165, 1.54) is 17.1 Å². The summed E-state index contributed by atoms with van der Waals surface area (Å²) in [6.45, 7) is 5.35. The van der Waals surface area contributed by atoms with Gasteiger partial charge in [-0.25, -0.2) is 0 Å². The number of amides is 2. The van der Waals surface area contributed by atoms with Crippen molar-refractivity contribution >= 4 is 18.1 Å². The molecule has 0 aliphatic carbocycles. The van der Waals surface area contributed by atoms with Gasteiger partial charge in [-0.05, 0) is 20.3 Å². The van der Waals surface area contributed by atoms with Gasteiger partial charge in [0.1, 0.15) is 6.29 Å². The molecule has 0 N–H and O–H groups in total. The van der Waals surface area contributed by atoms with Crippen LogP contribution in [0.2, 0.25) is 0 Å². The predicted octanol–water partition coefficient (Wildman–Crippen LogP) is 0.915. The summed E-state index contributed by atoms with van der Waals surface area (Å²) in [5.74, 6) is -0.771. The van der Waals surface area contributed by atoms with Crippen molar-refractivity contribution in [3.8, 4) is 0 Å². The first-order chi connectivity index (χ1) is 6.88. The van der Waals surface area contributed by atoms with Crippen LogP contribution in [-0.2, 0) is 14.4 Å². The van der Waals surface area contributed by atoms with E-state index in [0.717, 1.165) is 6.29 Å². The normalized spacial score (nSPS) is 18.5. The first-order valence-corrected chi connectivity index (χ1v) is 4.90. The van der Waals surface area contributed by atoms with Gasteiger partial charge in [0.2, 0.25) is 0 Å². The molecule has 0 radical (unpaired) electrons.